The van der Waals surface area contributed by atoms with Crippen molar-refractivity contribution in [3.63, 3.8) is 0 Å². The molecule has 3 nitrogen and oxygen atoms in total. The molecule has 17 heavy (non-hydrogen) atoms. The minimum atomic E-state index is 0.0236. The third kappa shape index (κ3) is 4.15. The van der Waals surface area contributed by atoms with Gasteiger partial charge < -0.3 is 10.0 Å². The van der Waals surface area contributed by atoms with Gasteiger partial charge in [-0.25, -0.2) is 0 Å². The highest BCUT2D eigenvalue weighted by Crippen LogP contribution is 2.11. The molecule has 0 radical (unpaired) electrons. The number of rotatable bonds is 6. The monoisotopic (exact) mass is 231 g/mol. The smallest absolute Gasteiger partial charge is 0.227 e. The molecular weight excluding hydrogens is 214 g/mol. The van der Waals surface area contributed by atoms with Gasteiger partial charge in [-0.05, 0) is 17.7 Å². The summed E-state index contributed by atoms with van der Waals surface area (Å²) >= 11 is 0. The second kappa shape index (κ2) is 6.53. The number of hydrogen-bond acceptors (Lipinski definition) is 2. The van der Waals surface area contributed by atoms with E-state index in [0.29, 0.717) is 19.5 Å². The third-order valence-electron chi connectivity index (χ3n) is 2.34. The van der Waals surface area contributed by atoms with Crippen LogP contribution in [0.3, 0.4) is 0 Å². The molecule has 1 amide bonds. The van der Waals surface area contributed by atoms with Crippen molar-refractivity contribution in [2.45, 2.75) is 6.42 Å². The molecule has 0 heterocycles. The number of phenols is 1. The molecular formula is C14H17NO2. The Hall–Kier alpha value is -2.03. The quantitative estimate of drug-likeness (QED) is 0.762. The SMILES string of the molecule is C=CCN(CC=C)C(=O)Cc1ccc(O)cc1. The van der Waals surface area contributed by atoms with Gasteiger partial charge in [-0.1, -0.05) is 24.3 Å². The second-order valence-electron chi connectivity index (χ2n) is 3.72. The number of amides is 1. The molecule has 3 heteroatoms. The van der Waals surface area contributed by atoms with E-state index < -0.39 is 0 Å². The van der Waals surface area contributed by atoms with Crippen LogP contribution >= 0.6 is 0 Å². The number of benzene rings is 1. The van der Waals surface area contributed by atoms with E-state index in [9.17, 15) is 4.79 Å². The van der Waals surface area contributed by atoms with Crippen molar-refractivity contribution in [2.75, 3.05) is 13.1 Å². The van der Waals surface area contributed by atoms with Gasteiger partial charge in [0.2, 0.25) is 5.91 Å². The average Bonchev–Trinajstić information content (AvgIpc) is 2.32. The first-order chi connectivity index (χ1) is 8.17. The van der Waals surface area contributed by atoms with Crippen molar-refractivity contribution in [2.24, 2.45) is 0 Å². The molecule has 0 bridgehead atoms. The lowest BCUT2D eigenvalue weighted by atomic mass is 10.1. The molecule has 0 atom stereocenters. The van der Waals surface area contributed by atoms with E-state index in [4.69, 9.17) is 5.11 Å². The molecule has 0 aliphatic rings. The van der Waals surface area contributed by atoms with Crippen molar-refractivity contribution in [3.8, 4) is 5.75 Å². The summed E-state index contributed by atoms with van der Waals surface area (Å²) in [6.07, 6.45) is 3.71. The first-order valence-corrected chi connectivity index (χ1v) is 5.45. The highest BCUT2D eigenvalue weighted by Gasteiger charge is 2.10. The summed E-state index contributed by atoms with van der Waals surface area (Å²) in [7, 11) is 0. The second-order valence-corrected chi connectivity index (χ2v) is 3.72. The average molecular weight is 231 g/mol. The molecule has 90 valence electrons. The van der Waals surface area contributed by atoms with Crippen molar-refractivity contribution < 1.29 is 9.90 Å². The molecule has 0 aliphatic carbocycles. The highest BCUT2D eigenvalue weighted by molar-refractivity contribution is 5.79. The summed E-state index contributed by atoms with van der Waals surface area (Å²) in [5.41, 5.74) is 0.880. The fourth-order valence-electron chi connectivity index (χ4n) is 1.49. The predicted molar refractivity (Wildman–Crippen MR) is 68.8 cm³/mol. The van der Waals surface area contributed by atoms with Gasteiger partial charge in [0.25, 0.3) is 0 Å². The summed E-state index contributed by atoms with van der Waals surface area (Å²) in [4.78, 5) is 13.6. The Morgan fingerprint density at radius 3 is 2.18 bits per heavy atom. The van der Waals surface area contributed by atoms with Gasteiger partial charge in [0.05, 0.1) is 6.42 Å². The number of nitrogens with zero attached hydrogens (tertiary/aromatic N) is 1. The van der Waals surface area contributed by atoms with Crippen LogP contribution in [0.15, 0.2) is 49.6 Å². The van der Waals surface area contributed by atoms with Crippen LogP contribution in [0, 0.1) is 0 Å². The van der Waals surface area contributed by atoms with Gasteiger partial charge in [-0.3, -0.25) is 4.79 Å². The largest absolute Gasteiger partial charge is 0.508 e. The van der Waals surface area contributed by atoms with Crippen LogP contribution in [-0.4, -0.2) is 29.0 Å². The van der Waals surface area contributed by atoms with E-state index in [1.807, 2.05) is 0 Å². The zero-order valence-corrected chi connectivity index (χ0v) is 9.80. The molecule has 0 spiro atoms. The molecule has 1 N–H and O–H groups in total. The van der Waals surface area contributed by atoms with Gasteiger partial charge in [-0.2, -0.15) is 0 Å². The Bertz CT molecular complexity index is 385. The van der Waals surface area contributed by atoms with Crippen LogP contribution in [0.1, 0.15) is 5.56 Å². The summed E-state index contributed by atoms with van der Waals surface area (Å²) < 4.78 is 0. The Morgan fingerprint density at radius 1 is 1.18 bits per heavy atom. The molecule has 0 unspecified atom stereocenters. The van der Waals surface area contributed by atoms with Crippen LogP contribution in [0.5, 0.6) is 5.75 Å². The number of aromatic hydroxyl groups is 1. The Morgan fingerprint density at radius 2 is 1.71 bits per heavy atom. The minimum absolute atomic E-state index is 0.0236. The lowest BCUT2D eigenvalue weighted by Crippen LogP contribution is -2.32. The maximum atomic E-state index is 11.9. The van der Waals surface area contributed by atoms with Gasteiger partial charge in [-0.15, -0.1) is 13.2 Å². The Balaban J connectivity index is 2.65. The maximum absolute atomic E-state index is 11.9. The molecule has 1 aromatic carbocycles. The van der Waals surface area contributed by atoms with Crippen LogP contribution in [0.4, 0.5) is 0 Å². The van der Waals surface area contributed by atoms with Gasteiger partial charge in [0.15, 0.2) is 0 Å². The first-order valence-electron chi connectivity index (χ1n) is 5.45. The Labute approximate surface area is 102 Å². The van der Waals surface area contributed by atoms with Crippen LogP contribution in [0.25, 0.3) is 0 Å². The van der Waals surface area contributed by atoms with E-state index in [1.54, 1.807) is 41.3 Å². The third-order valence-corrected chi connectivity index (χ3v) is 2.34. The lowest BCUT2D eigenvalue weighted by molar-refractivity contribution is -0.129. The van der Waals surface area contributed by atoms with Crippen LogP contribution < -0.4 is 0 Å². The van der Waals surface area contributed by atoms with Crippen molar-refractivity contribution >= 4 is 5.91 Å². The summed E-state index contributed by atoms with van der Waals surface area (Å²) in [6, 6.07) is 6.64. The van der Waals surface area contributed by atoms with E-state index in [1.165, 1.54) is 0 Å². The minimum Gasteiger partial charge on any atom is -0.508 e. The fraction of sp³-hybridized carbons (Fsp3) is 0.214. The number of carbonyl (C=O) groups excluding carboxylic acids is 1. The number of carbonyl (C=O) groups is 1. The number of hydrogen-bond donors (Lipinski definition) is 1. The molecule has 1 rings (SSSR count). The van der Waals surface area contributed by atoms with E-state index in [0.717, 1.165) is 5.56 Å². The predicted octanol–water partition coefficient (Wildman–Crippen LogP) is 2.14. The first kappa shape index (κ1) is 13.0. The van der Waals surface area contributed by atoms with Crippen molar-refractivity contribution in [1.29, 1.82) is 0 Å². The van der Waals surface area contributed by atoms with Crippen molar-refractivity contribution in [3.05, 3.63) is 55.1 Å². The molecule has 1 aromatic rings. The highest BCUT2D eigenvalue weighted by atomic mass is 16.3. The van der Waals surface area contributed by atoms with Crippen LogP contribution in [0.2, 0.25) is 0 Å². The lowest BCUT2D eigenvalue weighted by Gasteiger charge is -2.19. The fourth-order valence-corrected chi connectivity index (χ4v) is 1.49. The Kier molecular flexibility index (Phi) is 5.01. The zero-order chi connectivity index (χ0) is 12.7. The summed E-state index contributed by atoms with van der Waals surface area (Å²) in [6.45, 7) is 8.28. The standard InChI is InChI=1S/C14H17NO2/c1-3-9-15(10-4-2)14(17)11-12-5-7-13(16)8-6-12/h3-8,16H,1-2,9-11H2. The van der Waals surface area contributed by atoms with E-state index in [2.05, 4.69) is 13.2 Å². The summed E-state index contributed by atoms with van der Waals surface area (Å²) in [5.74, 6) is 0.228. The molecule has 0 aliphatic heterocycles. The van der Waals surface area contributed by atoms with Crippen LogP contribution in [-0.2, 0) is 11.2 Å². The van der Waals surface area contributed by atoms with Gasteiger partial charge >= 0.3 is 0 Å². The maximum Gasteiger partial charge on any atom is 0.227 e. The van der Waals surface area contributed by atoms with E-state index >= 15 is 0 Å². The molecule has 0 saturated heterocycles. The van der Waals surface area contributed by atoms with Gasteiger partial charge in [0.1, 0.15) is 5.75 Å². The molecule has 0 aromatic heterocycles. The molecule has 0 fully saturated rings. The normalized spacial score (nSPS) is 9.65. The topological polar surface area (TPSA) is 40.5 Å². The van der Waals surface area contributed by atoms with Crippen molar-refractivity contribution in [1.82, 2.24) is 4.90 Å². The summed E-state index contributed by atoms with van der Waals surface area (Å²) in [5, 5.41) is 9.15. The van der Waals surface area contributed by atoms with E-state index in [-0.39, 0.29) is 11.7 Å². The number of phenolic OH excluding ortho intramolecular Hbond substituents is 1. The zero-order valence-electron chi connectivity index (χ0n) is 9.80. The van der Waals surface area contributed by atoms with Gasteiger partial charge in [0, 0.05) is 13.1 Å². The molecule has 0 saturated carbocycles.